The van der Waals surface area contributed by atoms with Gasteiger partial charge in [-0.3, -0.25) is 4.90 Å². The average molecular weight is 620 g/mol. The second-order valence-electron chi connectivity index (χ2n) is 12.2. The van der Waals surface area contributed by atoms with E-state index in [0.717, 1.165) is 60.5 Å². The van der Waals surface area contributed by atoms with Gasteiger partial charge in [0.2, 0.25) is 0 Å². The molecule has 12 heteroatoms. The Morgan fingerprint density at radius 2 is 2.16 bits per heavy atom. The number of nitrogen functional groups attached to an aromatic ring is 1. The van der Waals surface area contributed by atoms with Crippen molar-refractivity contribution in [2.75, 3.05) is 57.6 Å². The molecule has 0 bridgehead atoms. The van der Waals surface area contributed by atoms with Gasteiger partial charge in [0.05, 0.1) is 34.0 Å². The van der Waals surface area contributed by atoms with Gasteiger partial charge in [-0.05, 0) is 61.7 Å². The van der Waals surface area contributed by atoms with Crippen molar-refractivity contribution in [2.24, 2.45) is 0 Å². The molecule has 4 aromatic rings. The molecule has 9 nitrogen and oxygen atoms in total. The van der Waals surface area contributed by atoms with Crippen molar-refractivity contribution >= 4 is 43.1 Å². The summed E-state index contributed by atoms with van der Waals surface area (Å²) in [5.41, 5.74) is 8.17. The van der Waals surface area contributed by atoms with Crippen LogP contribution >= 0.6 is 11.3 Å². The summed E-state index contributed by atoms with van der Waals surface area (Å²) < 4.78 is 41.4. The summed E-state index contributed by atoms with van der Waals surface area (Å²) in [4.78, 5) is 14.2. The maximum absolute atomic E-state index is 14.8. The highest BCUT2D eigenvalue weighted by Gasteiger charge is 2.49. The first-order valence-electron chi connectivity index (χ1n) is 15.0. The van der Waals surface area contributed by atoms with Crippen molar-refractivity contribution in [2.45, 2.75) is 49.5 Å². The number of hydrogen-bond donors (Lipinski definition) is 2. The van der Waals surface area contributed by atoms with E-state index in [1.165, 1.54) is 6.07 Å². The van der Waals surface area contributed by atoms with Gasteiger partial charge in [0.25, 0.3) is 0 Å². The fourth-order valence-corrected chi connectivity index (χ4v) is 8.45. The highest BCUT2D eigenvalue weighted by Crippen LogP contribution is 2.43. The number of nitrogens with one attached hydrogen (secondary N) is 1. The Morgan fingerprint density at radius 3 is 2.98 bits per heavy atom. The molecule has 2 aromatic carbocycles. The molecule has 3 N–H and O–H groups in total. The van der Waals surface area contributed by atoms with Crippen LogP contribution in [0.15, 0.2) is 30.3 Å². The molecule has 3 aliphatic rings. The molecule has 0 saturated carbocycles. The number of nitriles is 1. The number of anilines is 2. The molecule has 44 heavy (non-hydrogen) atoms. The van der Waals surface area contributed by atoms with Gasteiger partial charge in [-0.2, -0.15) is 15.2 Å². The molecule has 0 radical (unpaired) electrons. The van der Waals surface area contributed by atoms with Crippen LogP contribution in [-0.2, 0) is 4.74 Å². The molecule has 2 aromatic heterocycles. The molecular formula is C32H35F2N7O2S. The van der Waals surface area contributed by atoms with Crippen LogP contribution in [0.4, 0.5) is 19.6 Å². The lowest BCUT2D eigenvalue weighted by Crippen LogP contribution is -2.45. The van der Waals surface area contributed by atoms with Gasteiger partial charge in [-0.15, -0.1) is 11.3 Å². The van der Waals surface area contributed by atoms with Crippen LogP contribution in [0, 0.1) is 17.1 Å². The van der Waals surface area contributed by atoms with Crippen molar-refractivity contribution in [3.05, 3.63) is 41.7 Å². The number of benzene rings is 2. The first-order chi connectivity index (χ1) is 21.3. The van der Waals surface area contributed by atoms with E-state index >= 15 is 0 Å². The third kappa shape index (κ3) is 4.83. The Labute approximate surface area is 258 Å². The van der Waals surface area contributed by atoms with Crippen LogP contribution in [0.25, 0.3) is 32.1 Å². The van der Waals surface area contributed by atoms with Crippen molar-refractivity contribution in [1.29, 1.82) is 5.26 Å². The summed E-state index contributed by atoms with van der Waals surface area (Å²) >= 11 is 1.08. The number of nitrogens with two attached hydrogens (primary N) is 1. The number of hydrogen-bond acceptors (Lipinski definition) is 10. The summed E-state index contributed by atoms with van der Waals surface area (Å²) in [6, 6.07) is 11.6. The minimum absolute atomic E-state index is 0.130. The van der Waals surface area contributed by atoms with Gasteiger partial charge < -0.3 is 25.4 Å². The molecular weight excluding hydrogens is 584 g/mol. The second kappa shape index (κ2) is 11.4. The van der Waals surface area contributed by atoms with E-state index in [-0.39, 0.29) is 34.2 Å². The van der Waals surface area contributed by atoms with E-state index in [1.54, 1.807) is 13.2 Å². The number of fused-ring (bicyclic) bond motifs is 3. The highest BCUT2D eigenvalue weighted by atomic mass is 32.1. The number of likely N-dealkylation sites (N-methyl/N-ethyl adjacent to an activating group) is 1. The zero-order chi connectivity index (χ0) is 30.6. The lowest BCUT2D eigenvalue weighted by Gasteiger charge is -2.32. The summed E-state index contributed by atoms with van der Waals surface area (Å²) in [5, 5.41) is 15.0. The number of thiophene rings is 1. The minimum Gasteiger partial charge on any atom is -0.461 e. The Kier molecular flexibility index (Phi) is 7.53. The van der Waals surface area contributed by atoms with Gasteiger partial charge in [-0.1, -0.05) is 12.1 Å². The lowest BCUT2D eigenvalue weighted by atomic mass is 9.95. The largest absolute Gasteiger partial charge is 0.461 e. The SMILES string of the molecule is COC[C@H]1NCC[C@H]1N(C)c1nc(OC[C@@]23CCCN2C[C@H](F)C3)nc2cc(-c3ccc(F)c4sc(N)c(C#N)c34)ccc12. The number of ether oxygens (including phenoxy) is 2. The summed E-state index contributed by atoms with van der Waals surface area (Å²) in [6.07, 6.45) is 2.42. The van der Waals surface area contributed by atoms with Gasteiger partial charge in [0.15, 0.2) is 0 Å². The molecule has 230 valence electrons. The number of alkyl halides is 1. The van der Waals surface area contributed by atoms with Crippen molar-refractivity contribution in [3.63, 3.8) is 0 Å². The predicted molar refractivity (Wildman–Crippen MR) is 168 cm³/mol. The van der Waals surface area contributed by atoms with Crippen LogP contribution in [0.1, 0.15) is 31.2 Å². The number of halogens is 2. The lowest BCUT2D eigenvalue weighted by molar-refractivity contribution is 0.107. The Bertz CT molecular complexity index is 1780. The van der Waals surface area contributed by atoms with Crippen LogP contribution < -0.4 is 20.7 Å². The zero-order valence-electron chi connectivity index (χ0n) is 24.8. The monoisotopic (exact) mass is 619 g/mol. The molecule has 0 amide bonds. The van der Waals surface area contributed by atoms with Crippen LogP contribution in [0.3, 0.4) is 0 Å². The first kappa shape index (κ1) is 29.1. The Balaban J connectivity index is 1.33. The number of methoxy groups -OCH3 is 1. The molecule has 7 rings (SSSR count). The second-order valence-corrected chi connectivity index (χ2v) is 13.2. The molecule has 0 spiro atoms. The molecule has 3 saturated heterocycles. The molecule has 0 unspecified atom stereocenters. The van der Waals surface area contributed by atoms with Gasteiger partial charge in [-0.25, -0.2) is 8.78 Å². The molecule has 0 aliphatic carbocycles. The van der Waals surface area contributed by atoms with E-state index < -0.39 is 12.0 Å². The molecule has 4 atom stereocenters. The number of aromatic nitrogens is 2. The van der Waals surface area contributed by atoms with E-state index in [4.69, 9.17) is 25.2 Å². The summed E-state index contributed by atoms with van der Waals surface area (Å²) in [7, 11) is 3.73. The third-order valence-electron chi connectivity index (χ3n) is 9.62. The van der Waals surface area contributed by atoms with Crippen molar-refractivity contribution in [1.82, 2.24) is 20.2 Å². The fourth-order valence-electron chi connectivity index (χ4n) is 7.51. The Hall–Kier alpha value is -3.63. The third-order valence-corrected chi connectivity index (χ3v) is 10.6. The normalized spacial score (nSPS) is 25.1. The van der Waals surface area contributed by atoms with Crippen LogP contribution in [0.2, 0.25) is 0 Å². The predicted octanol–water partition coefficient (Wildman–Crippen LogP) is 4.87. The molecule has 3 fully saturated rings. The molecule has 3 aliphatic heterocycles. The summed E-state index contributed by atoms with van der Waals surface area (Å²) in [6.45, 7) is 3.07. The van der Waals surface area contributed by atoms with E-state index in [0.29, 0.717) is 47.3 Å². The Morgan fingerprint density at radius 1 is 1.30 bits per heavy atom. The zero-order valence-corrected chi connectivity index (χ0v) is 25.6. The van der Waals surface area contributed by atoms with Crippen LogP contribution in [-0.4, -0.2) is 85.7 Å². The van der Waals surface area contributed by atoms with Gasteiger partial charge in [0, 0.05) is 43.9 Å². The van der Waals surface area contributed by atoms with Crippen molar-refractivity contribution in [3.8, 4) is 23.2 Å². The quantitative estimate of drug-likeness (QED) is 0.285. The standard InChI is InChI=1S/C32H35F2N7O2S/c1-40(26-8-10-37-25(26)16-42-2)30-21-5-4-18(20-6-7-23(34)28-27(20)22(14-35)29(36)44-28)12-24(21)38-31(39-30)43-17-32-9-3-11-41(32)15-19(33)13-32/h4-7,12,19,25-26,37H,3,8-11,13,15-17,36H2,1-2H3/t19-,25-,26-,32+/m1/s1. The van der Waals surface area contributed by atoms with E-state index in [9.17, 15) is 14.0 Å². The number of nitrogens with zero attached hydrogens (tertiary/aromatic N) is 5. The first-order valence-corrected chi connectivity index (χ1v) is 15.8. The minimum atomic E-state index is -0.856. The van der Waals surface area contributed by atoms with Crippen molar-refractivity contribution < 1.29 is 18.3 Å². The number of rotatable bonds is 8. The maximum atomic E-state index is 14.8. The van der Waals surface area contributed by atoms with E-state index in [2.05, 4.69) is 21.2 Å². The van der Waals surface area contributed by atoms with Crippen LogP contribution in [0.5, 0.6) is 6.01 Å². The highest BCUT2D eigenvalue weighted by molar-refractivity contribution is 7.23. The topological polar surface area (TPSA) is 113 Å². The smallest absolute Gasteiger partial charge is 0.319 e. The summed E-state index contributed by atoms with van der Waals surface area (Å²) in [5.74, 6) is 0.312. The van der Waals surface area contributed by atoms with Gasteiger partial charge >= 0.3 is 6.01 Å². The maximum Gasteiger partial charge on any atom is 0.319 e. The molecule has 5 heterocycles. The average Bonchev–Trinajstić information content (AvgIpc) is 3.78. The van der Waals surface area contributed by atoms with E-state index in [1.807, 2.05) is 25.2 Å². The van der Waals surface area contributed by atoms with Gasteiger partial charge in [0.1, 0.15) is 35.5 Å². The fraction of sp³-hybridized carbons (Fsp3) is 0.469.